The first-order chi connectivity index (χ1) is 11.1. The van der Waals surface area contributed by atoms with Gasteiger partial charge in [-0.2, -0.15) is 0 Å². The fourth-order valence-corrected chi connectivity index (χ4v) is 2.27. The van der Waals surface area contributed by atoms with Crippen LogP contribution in [0, 0.1) is 0 Å². The van der Waals surface area contributed by atoms with Gasteiger partial charge in [0, 0.05) is 5.56 Å². The van der Waals surface area contributed by atoms with E-state index in [0.717, 1.165) is 0 Å². The zero-order chi connectivity index (χ0) is 16.7. The molecule has 2 aromatic carbocycles. The van der Waals surface area contributed by atoms with Crippen molar-refractivity contribution >= 4 is 5.78 Å². The summed E-state index contributed by atoms with van der Waals surface area (Å²) in [6, 6.07) is 13.7. The van der Waals surface area contributed by atoms with Gasteiger partial charge in [-0.3, -0.25) is 4.79 Å². The summed E-state index contributed by atoms with van der Waals surface area (Å²) < 4.78 is 5.55. The minimum absolute atomic E-state index is 0.141. The number of rotatable bonds is 8. The Kier molecular flexibility index (Phi) is 6.18. The molecule has 4 nitrogen and oxygen atoms in total. The van der Waals surface area contributed by atoms with Gasteiger partial charge in [0.25, 0.3) is 0 Å². The topological polar surface area (TPSA) is 66.8 Å². The van der Waals surface area contributed by atoms with E-state index in [-0.39, 0.29) is 28.9 Å². The highest BCUT2D eigenvalue weighted by molar-refractivity contribution is 6.11. The van der Waals surface area contributed by atoms with Gasteiger partial charge < -0.3 is 14.9 Å². The molecule has 1 atom stereocenters. The number of phenols is 1. The third kappa shape index (κ3) is 4.57. The fourth-order valence-electron chi connectivity index (χ4n) is 2.27. The average Bonchev–Trinajstić information content (AvgIpc) is 2.60. The van der Waals surface area contributed by atoms with E-state index < -0.39 is 0 Å². The van der Waals surface area contributed by atoms with Crippen molar-refractivity contribution in [2.75, 3.05) is 6.61 Å². The predicted molar refractivity (Wildman–Crippen MR) is 89.0 cm³/mol. The van der Waals surface area contributed by atoms with Gasteiger partial charge in [-0.25, -0.2) is 0 Å². The molecule has 0 radical (unpaired) electrons. The number of hydrogen-bond donors (Lipinski definition) is 2. The van der Waals surface area contributed by atoms with Crippen LogP contribution < -0.4 is 4.74 Å². The lowest BCUT2D eigenvalue weighted by atomic mass is 10.0. The molecule has 2 rings (SSSR count). The van der Waals surface area contributed by atoms with Crippen LogP contribution in [-0.4, -0.2) is 28.7 Å². The Morgan fingerprint density at radius 1 is 1.13 bits per heavy atom. The van der Waals surface area contributed by atoms with Crippen LogP contribution in [0.5, 0.6) is 11.5 Å². The molecule has 2 aromatic rings. The second-order valence-electron chi connectivity index (χ2n) is 5.40. The highest BCUT2D eigenvalue weighted by Gasteiger charge is 2.16. The molecular weight excluding hydrogens is 292 g/mol. The first-order valence-corrected chi connectivity index (χ1v) is 7.86. The van der Waals surface area contributed by atoms with E-state index in [0.29, 0.717) is 31.4 Å². The molecule has 0 fully saturated rings. The summed E-state index contributed by atoms with van der Waals surface area (Å²) in [5, 5.41) is 19.8. The van der Waals surface area contributed by atoms with E-state index in [1.807, 2.05) is 13.0 Å². The largest absolute Gasteiger partial charge is 0.504 e. The molecule has 23 heavy (non-hydrogen) atoms. The Morgan fingerprint density at radius 3 is 2.57 bits per heavy atom. The van der Waals surface area contributed by atoms with Crippen molar-refractivity contribution in [3.8, 4) is 11.5 Å². The number of phenolic OH excluding ortho intramolecular Hbond substituents is 1. The highest BCUT2D eigenvalue weighted by Crippen LogP contribution is 2.31. The van der Waals surface area contributed by atoms with Crippen molar-refractivity contribution in [2.24, 2.45) is 0 Å². The third-order valence-corrected chi connectivity index (χ3v) is 3.69. The number of hydrogen-bond acceptors (Lipinski definition) is 4. The van der Waals surface area contributed by atoms with Gasteiger partial charge in [0.15, 0.2) is 17.3 Å². The van der Waals surface area contributed by atoms with Gasteiger partial charge in [0.05, 0.1) is 18.3 Å². The predicted octanol–water partition coefficient (Wildman–Crippen LogP) is 3.55. The second-order valence-corrected chi connectivity index (χ2v) is 5.40. The molecule has 4 heteroatoms. The number of carbonyl (C=O) groups excluding carboxylic acids is 1. The Morgan fingerprint density at radius 2 is 1.87 bits per heavy atom. The fraction of sp³-hybridized carbons (Fsp3) is 0.316. The maximum atomic E-state index is 12.4. The molecule has 0 amide bonds. The second kappa shape index (κ2) is 8.34. The molecular formula is C19H22O4. The van der Waals surface area contributed by atoms with Crippen LogP contribution in [0.3, 0.4) is 0 Å². The summed E-state index contributed by atoms with van der Waals surface area (Å²) >= 11 is 0. The summed E-state index contributed by atoms with van der Waals surface area (Å²) in [7, 11) is 0. The maximum absolute atomic E-state index is 12.4. The molecule has 0 bridgehead atoms. The lowest BCUT2D eigenvalue weighted by molar-refractivity contribution is 0.103. The van der Waals surface area contributed by atoms with Gasteiger partial charge in [0.2, 0.25) is 0 Å². The number of benzene rings is 2. The number of aliphatic hydroxyl groups is 1. The molecule has 0 saturated carbocycles. The number of carbonyl (C=O) groups is 1. The van der Waals surface area contributed by atoms with Crippen molar-refractivity contribution in [3.05, 3.63) is 59.7 Å². The normalized spacial score (nSPS) is 11.9. The number of ether oxygens (including phenoxy) is 1. The highest BCUT2D eigenvalue weighted by atomic mass is 16.5. The molecule has 0 saturated heterocycles. The molecule has 1 unspecified atom stereocenters. The van der Waals surface area contributed by atoms with Crippen LogP contribution in [-0.2, 0) is 0 Å². The van der Waals surface area contributed by atoms with Crippen LogP contribution in [0.2, 0.25) is 0 Å². The molecule has 0 aliphatic carbocycles. The summed E-state index contributed by atoms with van der Waals surface area (Å²) in [6.07, 6.45) is 1.73. The van der Waals surface area contributed by atoms with E-state index in [4.69, 9.17) is 4.74 Å². The lowest BCUT2D eigenvalue weighted by Gasteiger charge is -2.12. The van der Waals surface area contributed by atoms with Crippen LogP contribution >= 0.6 is 0 Å². The van der Waals surface area contributed by atoms with Crippen molar-refractivity contribution in [3.63, 3.8) is 0 Å². The number of aromatic hydroxyl groups is 1. The third-order valence-electron chi connectivity index (χ3n) is 3.69. The molecule has 0 aliphatic rings. The molecule has 0 aromatic heterocycles. The van der Waals surface area contributed by atoms with Gasteiger partial charge >= 0.3 is 0 Å². The monoisotopic (exact) mass is 314 g/mol. The van der Waals surface area contributed by atoms with E-state index in [2.05, 4.69) is 0 Å². The quantitative estimate of drug-likeness (QED) is 0.577. The molecule has 2 N–H and O–H groups in total. The van der Waals surface area contributed by atoms with Gasteiger partial charge in [-0.05, 0) is 31.4 Å². The van der Waals surface area contributed by atoms with Crippen LogP contribution in [0.4, 0.5) is 0 Å². The maximum Gasteiger partial charge on any atom is 0.196 e. The first kappa shape index (κ1) is 17.0. The lowest BCUT2D eigenvalue weighted by Crippen LogP contribution is -2.08. The Hall–Kier alpha value is -2.33. The number of ketones is 1. The van der Waals surface area contributed by atoms with Gasteiger partial charge in [0.1, 0.15) is 0 Å². The molecule has 0 aliphatic heterocycles. The first-order valence-electron chi connectivity index (χ1n) is 7.86. The number of para-hydroxylation sites is 1. The SMILES string of the molecule is CCC(O)CCCOc1cccc(C(=O)c2ccccc2)c1O. The summed E-state index contributed by atoms with van der Waals surface area (Å²) in [5.41, 5.74) is 0.744. The molecule has 0 heterocycles. The van der Waals surface area contributed by atoms with Crippen LogP contribution in [0.15, 0.2) is 48.5 Å². The Labute approximate surface area is 136 Å². The Bertz CT molecular complexity index is 637. The van der Waals surface area contributed by atoms with Crippen LogP contribution in [0.25, 0.3) is 0 Å². The van der Waals surface area contributed by atoms with Crippen molar-refractivity contribution in [1.82, 2.24) is 0 Å². The van der Waals surface area contributed by atoms with Crippen molar-refractivity contribution in [1.29, 1.82) is 0 Å². The van der Waals surface area contributed by atoms with E-state index in [1.165, 1.54) is 0 Å². The van der Waals surface area contributed by atoms with Crippen molar-refractivity contribution in [2.45, 2.75) is 32.3 Å². The summed E-state index contributed by atoms with van der Waals surface area (Å²) in [6.45, 7) is 2.31. The van der Waals surface area contributed by atoms with E-state index in [1.54, 1.807) is 42.5 Å². The zero-order valence-electron chi connectivity index (χ0n) is 13.2. The minimum atomic E-state index is -0.321. The summed E-state index contributed by atoms with van der Waals surface area (Å²) in [5.74, 6) is -0.0925. The van der Waals surface area contributed by atoms with E-state index in [9.17, 15) is 15.0 Å². The number of aliphatic hydroxyl groups excluding tert-OH is 1. The van der Waals surface area contributed by atoms with Crippen LogP contribution in [0.1, 0.15) is 42.1 Å². The smallest absolute Gasteiger partial charge is 0.196 e. The molecule has 0 spiro atoms. The minimum Gasteiger partial charge on any atom is -0.504 e. The molecule has 122 valence electrons. The summed E-state index contributed by atoms with van der Waals surface area (Å²) in [4.78, 5) is 12.4. The standard InChI is InChI=1S/C19H22O4/c1-2-15(20)10-7-13-23-17-12-6-11-16(19(17)22)18(21)14-8-4-3-5-9-14/h3-6,8-9,11-12,15,20,22H,2,7,10,13H2,1H3. The Balaban J connectivity index is 2.05. The van der Waals surface area contributed by atoms with Gasteiger partial charge in [-0.1, -0.05) is 43.3 Å². The van der Waals surface area contributed by atoms with E-state index >= 15 is 0 Å². The van der Waals surface area contributed by atoms with Crippen molar-refractivity contribution < 1.29 is 19.7 Å². The average molecular weight is 314 g/mol. The zero-order valence-corrected chi connectivity index (χ0v) is 13.2. The van der Waals surface area contributed by atoms with Gasteiger partial charge in [-0.15, -0.1) is 0 Å².